The fourth-order valence-corrected chi connectivity index (χ4v) is 2.13. The summed E-state index contributed by atoms with van der Waals surface area (Å²) < 4.78 is 7.35. The number of rotatable bonds is 4. The van der Waals surface area contributed by atoms with Crippen molar-refractivity contribution in [3.63, 3.8) is 0 Å². The van der Waals surface area contributed by atoms with Gasteiger partial charge in [-0.1, -0.05) is 17.7 Å². The lowest BCUT2D eigenvalue weighted by atomic mass is 10.3. The molecule has 6 nitrogen and oxygen atoms in total. The molecule has 21 heavy (non-hydrogen) atoms. The molecule has 0 saturated carbocycles. The molecule has 0 spiro atoms. The first-order chi connectivity index (χ1) is 10.1. The third-order valence-corrected chi connectivity index (χ3v) is 3.14. The number of halogens is 1. The van der Waals surface area contributed by atoms with E-state index in [0.717, 1.165) is 5.65 Å². The molecule has 1 aromatic carbocycles. The Morgan fingerprint density at radius 3 is 2.95 bits per heavy atom. The van der Waals surface area contributed by atoms with E-state index in [4.69, 9.17) is 16.3 Å². The van der Waals surface area contributed by atoms with Crippen LogP contribution in [0.2, 0.25) is 5.02 Å². The molecule has 2 aromatic heterocycles. The summed E-state index contributed by atoms with van der Waals surface area (Å²) in [7, 11) is 0. The van der Waals surface area contributed by atoms with Crippen LogP contribution in [-0.4, -0.2) is 14.3 Å². The lowest BCUT2D eigenvalue weighted by molar-refractivity contribution is -0.385. The smallest absolute Gasteiger partial charge is 0.312 e. The predicted molar refractivity (Wildman–Crippen MR) is 77.6 cm³/mol. The highest BCUT2D eigenvalue weighted by Crippen LogP contribution is 2.30. The predicted octanol–water partition coefficient (Wildman–Crippen LogP) is 3.47. The van der Waals surface area contributed by atoms with Crippen molar-refractivity contribution in [2.45, 2.75) is 6.61 Å². The summed E-state index contributed by atoms with van der Waals surface area (Å²) in [6.07, 6.45) is 3.69. The molecule has 0 amide bonds. The van der Waals surface area contributed by atoms with E-state index in [9.17, 15) is 10.1 Å². The van der Waals surface area contributed by atoms with Crippen LogP contribution in [0.1, 0.15) is 5.69 Å². The number of ether oxygens (including phenoxy) is 1. The minimum Gasteiger partial charge on any atom is -0.480 e. The van der Waals surface area contributed by atoms with Crippen LogP contribution in [-0.2, 0) is 6.61 Å². The Hall–Kier alpha value is -2.60. The van der Waals surface area contributed by atoms with Gasteiger partial charge in [-0.2, -0.15) is 0 Å². The molecule has 3 aromatic rings. The van der Waals surface area contributed by atoms with Gasteiger partial charge < -0.3 is 9.14 Å². The Balaban J connectivity index is 1.83. The Labute approximate surface area is 124 Å². The van der Waals surface area contributed by atoms with Gasteiger partial charge in [-0.25, -0.2) is 4.98 Å². The summed E-state index contributed by atoms with van der Waals surface area (Å²) in [5, 5.41) is 11.3. The lowest BCUT2D eigenvalue weighted by Gasteiger charge is -2.05. The van der Waals surface area contributed by atoms with Crippen LogP contribution < -0.4 is 4.74 Å². The second kappa shape index (κ2) is 5.41. The molecule has 0 aliphatic carbocycles. The third-order valence-electron chi connectivity index (χ3n) is 2.91. The summed E-state index contributed by atoms with van der Waals surface area (Å²) in [5.41, 5.74) is 1.32. The lowest BCUT2D eigenvalue weighted by Crippen LogP contribution is -1.99. The molecule has 3 rings (SSSR count). The van der Waals surface area contributed by atoms with Gasteiger partial charge in [-0.15, -0.1) is 0 Å². The van der Waals surface area contributed by atoms with Crippen molar-refractivity contribution in [3.05, 3.63) is 69.6 Å². The molecule has 0 radical (unpaired) electrons. The summed E-state index contributed by atoms with van der Waals surface area (Å²) >= 11 is 5.76. The average molecular weight is 304 g/mol. The number of nitrogens with zero attached hydrogens (tertiary/aromatic N) is 3. The van der Waals surface area contributed by atoms with Crippen LogP contribution in [0.4, 0.5) is 5.69 Å². The molecule has 2 heterocycles. The van der Waals surface area contributed by atoms with E-state index < -0.39 is 4.92 Å². The van der Waals surface area contributed by atoms with Gasteiger partial charge in [0.2, 0.25) is 0 Å². The maximum absolute atomic E-state index is 11.0. The van der Waals surface area contributed by atoms with Gasteiger partial charge in [0.25, 0.3) is 0 Å². The second-order valence-corrected chi connectivity index (χ2v) is 4.79. The first-order valence-corrected chi connectivity index (χ1v) is 6.50. The van der Waals surface area contributed by atoms with Crippen molar-refractivity contribution >= 4 is 22.9 Å². The SMILES string of the molecule is O=[N+]([O-])c1cc(Cl)ccc1OCc1cn2ccccc2n1. The van der Waals surface area contributed by atoms with Crippen LogP contribution >= 0.6 is 11.6 Å². The number of benzene rings is 1. The number of nitro benzene ring substituents is 1. The number of aromatic nitrogens is 2. The number of hydrogen-bond donors (Lipinski definition) is 0. The minimum atomic E-state index is -0.523. The topological polar surface area (TPSA) is 69.7 Å². The molecular formula is C14H10ClN3O3. The molecule has 7 heteroatoms. The van der Waals surface area contributed by atoms with Crippen molar-refractivity contribution < 1.29 is 9.66 Å². The van der Waals surface area contributed by atoms with Crippen LogP contribution in [0.3, 0.4) is 0 Å². The van der Waals surface area contributed by atoms with Crippen LogP contribution in [0.5, 0.6) is 5.75 Å². The minimum absolute atomic E-state index is 0.143. The van der Waals surface area contributed by atoms with Crippen LogP contribution in [0, 0.1) is 10.1 Å². The van der Waals surface area contributed by atoms with Crippen LogP contribution in [0.25, 0.3) is 5.65 Å². The molecule has 0 saturated heterocycles. The largest absolute Gasteiger partial charge is 0.480 e. The third kappa shape index (κ3) is 2.80. The molecule has 106 valence electrons. The first kappa shape index (κ1) is 13.4. The Bertz CT molecular complexity index is 783. The number of hydrogen-bond acceptors (Lipinski definition) is 4. The summed E-state index contributed by atoms with van der Waals surface area (Å²) in [5.74, 6) is 0.168. The number of fused-ring (bicyclic) bond motifs is 1. The van der Waals surface area contributed by atoms with E-state index in [1.807, 2.05) is 35.0 Å². The zero-order chi connectivity index (χ0) is 14.8. The number of imidazole rings is 1. The molecule has 0 N–H and O–H groups in total. The molecule has 0 aliphatic rings. The summed E-state index contributed by atoms with van der Waals surface area (Å²) in [4.78, 5) is 14.8. The fraction of sp³-hybridized carbons (Fsp3) is 0.0714. The van der Waals surface area contributed by atoms with Gasteiger partial charge in [-0.3, -0.25) is 10.1 Å². The normalized spacial score (nSPS) is 10.7. The fourth-order valence-electron chi connectivity index (χ4n) is 1.96. The van der Waals surface area contributed by atoms with E-state index >= 15 is 0 Å². The highest BCUT2D eigenvalue weighted by molar-refractivity contribution is 6.30. The van der Waals surface area contributed by atoms with Crippen LogP contribution in [0.15, 0.2) is 48.8 Å². The Morgan fingerprint density at radius 1 is 1.33 bits per heavy atom. The Morgan fingerprint density at radius 2 is 2.19 bits per heavy atom. The molecule has 0 aliphatic heterocycles. The van der Waals surface area contributed by atoms with E-state index in [2.05, 4.69) is 4.98 Å². The maximum atomic E-state index is 11.0. The van der Waals surface area contributed by atoms with E-state index in [-0.39, 0.29) is 18.0 Å². The number of nitro groups is 1. The van der Waals surface area contributed by atoms with E-state index in [0.29, 0.717) is 10.7 Å². The van der Waals surface area contributed by atoms with E-state index in [1.165, 1.54) is 12.1 Å². The summed E-state index contributed by atoms with van der Waals surface area (Å²) in [6, 6.07) is 9.94. The zero-order valence-corrected chi connectivity index (χ0v) is 11.5. The Kier molecular flexibility index (Phi) is 3.45. The monoisotopic (exact) mass is 303 g/mol. The molecule has 0 unspecified atom stereocenters. The number of pyridine rings is 1. The van der Waals surface area contributed by atoms with Gasteiger partial charge in [-0.05, 0) is 24.3 Å². The van der Waals surface area contributed by atoms with E-state index in [1.54, 1.807) is 6.07 Å². The van der Waals surface area contributed by atoms with Gasteiger partial charge in [0.15, 0.2) is 5.75 Å². The molecule has 0 atom stereocenters. The highest BCUT2D eigenvalue weighted by Gasteiger charge is 2.16. The van der Waals surface area contributed by atoms with Gasteiger partial charge in [0, 0.05) is 23.5 Å². The zero-order valence-electron chi connectivity index (χ0n) is 10.8. The highest BCUT2D eigenvalue weighted by atomic mass is 35.5. The molecule has 0 bridgehead atoms. The van der Waals surface area contributed by atoms with Gasteiger partial charge in [0.1, 0.15) is 12.3 Å². The maximum Gasteiger partial charge on any atom is 0.312 e. The van der Waals surface area contributed by atoms with Crippen molar-refractivity contribution in [3.8, 4) is 5.75 Å². The van der Waals surface area contributed by atoms with Gasteiger partial charge in [0.05, 0.1) is 10.6 Å². The second-order valence-electron chi connectivity index (χ2n) is 4.36. The molecule has 0 fully saturated rings. The standard InChI is InChI=1S/C14H10ClN3O3/c15-10-4-5-13(12(7-10)18(19)20)21-9-11-8-17-6-2-1-3-14(17)16-11/h1-8H,9H2. The van der Waals surface area contributed by atoms with Crippen molar-refractivity contribution in [1.29, 1.82) is 0 Å². The summed E-state index contributed by atoms with van der Waals surface area (Å²) in [6.45, 7) is 0.143. The van der Waals surface area contributed by atoms with Crippen molar-refractivity contribution in [1.82, 2.24) is 9.38 Å². The quantitative estimate of drug-likeness (QED) is 0.546. The molecular weight excluding hydrogens is 294 g/mol. The van der Waals surface area contributed by atoms with Crippen molar-refractivity contribution in [2.24, 2.45) is 0 Å². The average Bonchev–Trinajstić information content (AvgIpc) is 2.88. The first-order valence-electron chi connectivity index (χ1n) is 6.13. The van der Waals surface area contributed by atoms with Crippen molar-refractivity contribution in [2.75, 3.05) is 0 Å². The van der Waals surface area contributed by atoms with Gasteiger partial charge >= 0.3 is 5.69 Å².